The summed E-state index contributed by atoms with van der Waals surface area (Å²) in [6.07, 6.45) is 12.0. The molecule has 0 radical (unpaired) electrons. The lowest BCUT2D eigenvalue weighted by molar-refractivity contribution is -0.121. The molecule has 3 aliphatic rings. The number of piperidine rings is 3. The fourth-order valence-corrected chi connectivity index (χ4v) is 15.2. The Morgan fingerprint density at radius 1 is 0.482 bits per heavy atom. The number of nitrogens with zero attached hydrogens (tertiary/aromatic N) is 16. The lowest BCUT2D eigenvalue weighted by Gasteiger charge is -2.42. The van der Waals surface area contributed by atoms with Gasteiger partial charge in [0.1, 0.15) is 17.5 Å². The van der Waals surface area contributed by atoms with Crippen molar-refractivity contribution < 1.29 is 43.8 Å². The van der Waals surface area contributed by atoms with Crippen molar-refractivity contribution in [1.82, 2.24) is 101 Å². The third-order valence-electron chi connectivity index (χ3n) is 20.7. The van der Waals surface area contributed by atoms with Crippen molar-refractivity contribution in [2.45, 2.75) is 155 Å². The predicted octanol–water partition coefficient (Wildman–Crippen LogP) is 12.8. The van der Waals surface area contributed by atoms with E-state index in [1.54, 1.807) is 53.4 Å². The minimum Gasteiger partial charge on any atom is -0.341 e. The number of hydrogen-bond acceptors (Lipinski definition) is 18. The van der Waals surface area contributed by atoms with E-state index in [2.05, 4.69) is 131 Å². The molecule has 0 unspecified atom stereocenters. The lowest BCUT2D eigenvalue weighted by Crippen LogP contribution is -2.54. The maximum absolute atomic E-state index is 13.3. The number of anilines is 3. The van der Waals surface area contributed by atoms with Gasteiger partial charge >= 0.3 is 18.1 Å². The predicted molar refractivity (Wildman–Crippen MR) is 444 cm³/mol. The molecule has 7 amide bonds. The molecule has 9 aromatic rings. The van der Waals surface area contributed by atoms with Gasteiger partial charge in [-0.15, -0.1) is 15.3 Å². The Hall–Kier alpha value is -10.6. The maximum Gasteiger partial charge on any atom is 0.319 e. The first-order valence-electron chi connectivity index (χ1n) is 38.7. The summed E-state index contributed by atoms with van der Waals surface area (Å²) in [6.45, 7) is 15.1. The highest BCUT2D eigenvalue weighted by Gasteiger charge is 2.32. The zero-order chi connectivity index (χ0) is 79.8. The van der Waals surface area contributed by atoms with E-state index in [9.17, 15) is 32.3 Å². The van der Waals surface area contributed by atoms with Gasteiger partial charge in [-0.1, -0.05) is 67.6 Å². The Kier molecular flexibility index (Phi) is 30.8. The number of tetrazole rings is 3. The highest BCUT2D eigenvalue weighted by Crippen LogP contribution is 2.30. The zero-order valence-corrected chi connectivity index (χ0v) is 65.9. The molecule has 9 N–H and O–H groups in total. The molecule has 0 spiro atoms. The highest BCUT2D eigenvalue weighted by atomic mass is 19.1. The summed E-state index contributed by atoms with van der Waals surface area (Å²) >= 11 is 0. The monoisotopic (exact) mass is 1560 g/mol. The van der Waals surface area contributed by atoms with Crippen LogP contribution in [0.4, 0.5) is 44.6 Å². The van der Waals surface area contributed by atoms with Crippen LogP contribution in [0, 0.1) is 35.2 Å². The van der Waals surface area contributed by atoms with Crippen molar-refractivity contribution in [3.05, 3.63) is 179 Å². The van der Waals surface area contributed by atoms with E-state index >= 15 is 0 Å². The molecule has 0 bridgehead atoms. The number of likely N-dealkylation sites (tertiary alicyclic amines) is 3. The summed E-state index contributed by atoms with van der Waals surface area (Å²) in [7, 11) is 9.51. The van der Waals surface area contributed by atoms with Gasteiger partial charge in [0.25, 0.3) is 0 Å². The minimum atomic E-state index is -0.333. The number of nitrogens with two attached hydrogens (primary N) is 1. The van der Waals surface area contributed by atoms with E-state index in [-0.39, 0.29) is 89.5 Å². The number of benzene rings is 6. The summed E-state index contributed by atoms with van der Waals surface area (Å²) in [5.41, 5.74) is 15.5. The molecular weight excluding hydrogens is 1430 g/mol. The lowest BCUT2D eigenvalue weighted by atomic mass is 9.90. The number of rotatable bonds is 27. The van der Waals surface area contributed by atoms with Crippen LogP contribution >= 0.6 is 0 Å². The Morgan fingerprint density at radius 2 is 0.866 bits per heavy atom. The maximum atomic E-state index is 13.3. The molecule has 3 aromatic heterocycles. The fraction of sp³-hybridized carbons (Fsp3) is 0.469. The summed E-state index contributed by atoms with van der Waals surface area (Å²) in [5.74, 6) is 2.56. The molecule has 112 heavy (non-hydrogen) atoms. The van der Waals surface area contributed by atoms with Gasteiger partial charge in [0, 0.05) is 124 Å². The van der Waals surface area contributed by atoms with Gasteiger partial charge in [-0.3, -0.25) is 24.4 Å². The first-order valence-corrected chi connectivity index (χ1v) is 38.7. The summed E-state index contributed by atoms with van der Waals surface area (Å²) in [5, 5.41) is 55.7. The average molecular weight is 1560 g/mol. The number of aromatic nitrogens is 12. The van der Waals surface area contributed by atoms with Gasteiger partial charge in [-0.2, -0.15) is 0 Å². The van der Waals surface area contributed by atoms with Crippen molar-refractivity contribution >= 4 is 41.1 Å². The SMILES string of the molecule is CC(=O)N[C@H](C[C@@H](C)NC(=O)Nc1cccc(-c2nnnn2C)c1)N1CCC[C@@H](Cc2ccc(F)cc2)C1.CCc1cc(NC(=O)N[C@H](C)C[C@@H](N(C)C)N2CCC[C@@H](Cc3ccc(F)cc3)C2)cc(-c2nnnn2C)c1.C[C@H](C[C@@H](N)N1CCC[C@@H](Cc2ccc(F)cc2)C1)NC(=O)Nc1cccc(-c2nnnn2C)c1.[HH].[HH].[HH].[HH].[HH].[HH].[HH].[HH]. The average Bonchev–Trinajstić information content (AvgIpc) is 2.26. The topological polar surface area (TPSA) is 322 Å². The van der Waals surface area contributed by atoms with E-state index in [1.807, 2.05) is 111 Å². The summed E-state index contributed by atoms with van der Waals surface area (Å²) in [4.78, 5) is 59.7. The van der Waals surface area contributed by atoms with Gasteiger partial charge in [0.2, 0.25) is 5.91 Å². The second kappa shape index (κ2) is 41.1. The number of amides is 7. The Labute approximate surface area is 665 Å². The van der Waals surface area contributed by atoms with Crippen molar-refractivity contribution in [3.63, 3.8) is 0 Å². The third-order valence-corrected chi connectivity index (χ3v) is 20.7. The van der Waals surface area contributed by atoms with Crippen LogP contribution in [-0.4, -0.2) is 194 Å². The van der Waals surface area contributed by atoms with Crippen LogP contribution in [0.5, 0.6) is 0 Å². The van der Waals surface area contributed by atoms with E-state index in [0.717, 1.165) is 137 Å². The fourth-order valence-electron chi connectivity index (χ4n) is 15.2. The smallest absolute Gasteiger partial charge is 0.319 e. The first-order chi connectivity index (χ1) is 53.8. The minimum absolute atomic E-state index is 0. The van der Waals surface area contributed by atoms with Crippen LogP contribution in [0.25, 0.3) is 34.2 Å². The zero-order valence-electron chi connectivity index (χ0n) is 65.9. The van der Waals surface area contributed by atoms with E-state index in [4.69, 9.17) is 5.73 Å². The quantitative estimate of drug-likeness (QED) is 0.0237. The summed E-state index contributed by atoms with van der Waals surface area (Å²) < 4.78 is 44.6. The second-order valence-electron chi connectivity index (χ2n) is 30.2. The molecule has 12 rings (SSSR count). The summed E-state index contributed by atoms with van der Waals surface area (Å²) in [6, 6.07) is 39.7. The van der Waals surface area contributed by atoms with Crippen molar-refractivity contribution in [2.75, 3.05) is 69.3 Å². The van der Waals surface area contributed by atoms with Gasteiger partial charge in [0.05, 0.1) is 18.5 Å². The Morgan fingerprint density at radius 3 is 1.29 bits per heavy atom. The number of carbonyl (C=O) groups is 4. The molecule has 0 saturated carbocycles. The van der Waals surface area contributed by atoms with Crippen molar-refractivity contribution in [3.8, 4) is 34.2 Å². The third kappa shape index (κ3) is 25.7. The molecule has 31 heteroatoms. The van der Waals surface area contributed by atoms with Gasteiger partial charge in [-0.05, 0) is 275 Å². The van der Waals surface area contributed by atoms with Crippen LogP contribution in [0.3, 0.4) is 0 Å². The van der Waals surface area contributed by atoms with Gasteiger partial charge in [-0.25, -0.2) is 41.6 Å². The normalized spacial score (nSPS) is 17.7. The van der Waals surface area contributed by atoms with Crippen molar-refractivity contribution in [2.24, 2.45) is 44.6 Å². The largest absolute Gasteiger partial charge is 0.341 e. The van der Waals surface area contributed by atoms with Crippen molar-refractivity contribution in [1.29, 1.82) is 0 Å². The van der Waals surface area contributed by atoms with Crippen LogP contribution in [0.2, 0.25) is 0 Å². The Bertz CT molecular complexity index is 4510. The number of aryl methyl sites for hydroxylation is 4. The van der Waals surface area contributed by atoms with Crippen LogP contribution in [-0.2, 0) is 51.6 Å². The molecule has 3 aliphatic heterocycles. The van der Waals surface area contributed by atoms with Gasteiger partial charge < -0.3 is 43.0 Å². The number of urea groups is 3. The molecule has 28 nitrogen and oxygen atoms in total. The second-order valence-corrected chi connectivity index (χ2v) is 30.2. The first kappa shape index (κ1) is 83.9. The number of hydrogen-bond donors (Lipinski definition) is 8. The van der Waals surface area contributed by atoms with Crippen LogP contribution < -0.4 is 43.0 Å². The molecule has 614 valence electrons. The number of carbonyl (C=O) groups excluding carboxylic acids is 4. The molecular formula is C81H125F3N24O4. The van der Waals surface area contributed by atoms with Gasteiger partial charge in [0.15, 0.2) is 17.5 Å². The molecule has 6 aromatic carbocycles. The highest BCUT2D eigenvalue weighted by molar-refractivity contribution is 5.91. The van der Waals surface area contributed by atoms with E-state index in [0.29, 0.717) is 65.1 Å². The molecule has 3 saturated heterocycles. The molecule has 3 fully saturated rings. The Balaban J connectivity index is 0.000000591. The van der Waals surface area contributed by atoms with E-state index < -0.39 is 0 Å². The molecule has 0 aliphatic carbocycles. The van der Waals surface area contributed by atoms with E-state index in [1.165, 1.54) is 43.2 Å². The molecule has 6 heterocycles. The number of nitrogens with one attached hydrogen (secondary N) is 7. The standard InChI is InChI=1S/C29H41FN8O.C27H35FN8O2.C25H33FN8O.8H2/c1-6-21-16-24(28-33-34-35-37(28)5)18-26(17-21)32-29(39)31-20(2)14-27(36(3)4)38-13-7-8-23(19-38)15-22-9-11-25(30)12-10-22;1-18(29-27(38)31-24-8-4-7-22(16-24)26-32-33-34-35(26)3)14-25(30-19(2)37)36-13-5-6-21(17-36)15-20-9-11-23(28)12-10-20;1-17(28-25(35)29-22-7-3-6-20(15-22)24-30-31-32-33(24)2)13-23(27)34-12-4-5-19(16-34)14-18-8-10-21(26)11-9-18;;;;;;;;/h9-12,16-18,20,23,27H,6-8,13-15,19H2,1-5H3,(H2,31,32,39);4,7-12,16,18,21,25H,5-6,13-15,17H2,1-3H3,(H,30,37)(H2,29,31,38);3,6-11,15,17,19,23H,4-5,12-14,16,27H2,1-2H3,(H2,28,29,35);8*1H/t20-,23+,27+;18-,21+,25+;17-,19+,23+;;;;;;;;/m111......../s1. The molecule has 9 atom stereocenters. The number of halogens is 3. The van der Waals surface area contributed by atoms with Crippen LogP contribution in [0.1, 0.15) is 126 Å². The van der Waals surface area contributed by atoms with Crippen LogP contribution in [0.15, 0.2) is 140 Å².